The molecule has 4 heteroatoms. The molecule has 0 saturated heterocycles. The van der Waals surface area contributed by atoms with Crippen LogP contribution in [0.5, 0.6) is 0 Å². The topological polar surface area (TPSA) is 0 Å². The van der Waals surface area contributed by atoms with E-state index in [9.17, 15) is 0 Å². The average molecular weight is 547 g/mol. The van der Waals surface area contributed by atoms with Crippen molar-refractivity contribution in [2.75, 3.05) is 0 Å². The SMILES string of the molecule is Brc1ccc(C2=CC[C-]=C2)cc1.[Cl-].[Cl-].[Zr+4].c1ccc2c(c1)[cH-]c1ccccc12. The summed E-state index contributed by atoms with van der Waals surface area (Å²) in [5.74, 6) is 0. The summed E-state index contributed by atoms with van der Waals surface area (Å²) < 4.78 is 1.12. The number of hydrogen-bond acceptors (Lipinski definition) is 0. The first-order chi connectivity index (χ1) is 12.3. The summed E-state index contributed by atoms with van der Waals surface area (Å²) in [5, 5.41) is 5.39. The predicted octanol–water partition coefficient (Wildman–Crippen LogP) is 1.31. The Hall–Kier alpha value is -1.05. The van der Waals surface area contributed by atoms with E-state index in [1.54, 1.807) is 0 Å². The van der Waals surface area contributed by atoms with Gasteiger partial charge in [0.15, 0.2) is 0 Å². The molecule has 0 fully saturated rings. The molecule has 4 aromatic rings. The summed E-state index contributed by atoms with van der Waals surface area (Å²) in [4.78, 5) is 0. The van der Waals surface area contributed by atoms with Crippen molar-refractivity contribution >= 4 is 43.0 Å². The van der Waals surface area contributed by atoms with E-state index in [0.29, 0.717) is 0 Å². The molecule has 5 rings (SSSR count). The third kappa shape index (κ3) is 5.74. The molecule has 0 saturated carbocycles. The number of fused-ring (bicyclic) bond motifs is 3. The Morgan fingerprint density at radius 3 is 1.79 bits per heavy atom. The Bertz CT molecular complexity index is 1030. The van der Waals surface area contributed by atoms with E-state index < -0.39 is 0 Å². The molecule has 1 aliphatic carbocycles. The van der Waals surface area contributed by atoms with Gasteiger partial charge in [-0.1, -0.05) is 64.5 Å². The van der Waals surface area contributed by atoms with Gasteiger partial charge in [0.2, 0.25) is 0 Å². The maximum atomic E-state index is 3.41. The van der Waals surface area contributed by atoms with Gasteiger partial charge in [-0.2, -0.15) is 11.6 Å². The molecular formula is C24H17BrCl2Zr. The maximum absolute atomic E-state index is 3.41. The molecule has 0 amide bonds. The van der Waals surface area contributed by atoms with Gasteiger partial charge in [-0.15, -0.1) is 51.7 Å². The smallest absolute Gasteiger partial charge is 1.00 e. The molecule has 0 unspecified atom stereocenters. The fourth-order valence-electron chi connectivity index (χ4n) is 3.14. The zero-order chi connectivity index (χ0) is 17.1. The number of rotatable bonds is 1. The van der Waals surface area contributed by atoms with Gasteiger partial charge < -0.3 is 24.8 Å². The minimum Gasteiger partial charge on any atom is -1.00 e. The van der Waals surface area contributed by atoms with Crippen LogP contribution in [0.25, 0.3) is 27.1 Å². The molecule has 0 heterocycles. The van der Waals surface area contributed by atoms with E-state index in [4.69, 9.17) is 0 Å². The standard InChI is InChI=1S/C13H9.C11H8Br.2ClH.Zr/c1-3-7-12-10(5-1)9-11-6-2-4-8-13(11)12;12-11-7-5-10(6-8-11)9-3-1-2-4-9;;;/h1-9H;3-8H,1H2;2*1H;/q2*-1;;;+4/p-2. The second-order valence-corrected chi connectivity index (χ2v) is 6.95. The third-order valence-corrected chi connectivity index (χ3v) is 4.93. The minimum atomic E-state index is 0. The fraction of sp³-hybridized carbons (Fsp3) is 0.0417. The van der Waals surface area contributed by atoms with Crippen LogP contribution >= 0.6 is 15.9 Å². The van der Waals surface area contributed by atoms with Gasteiger partial charge in [0.25, 0.3) is 0 Å². The number of allylic oxidation sites excluding steroid dienone is 4. The Kier molecular flexibility index (Phi) is 10.6. The van der Waals surface area contributed by atoms with Crippen molar-refractivity contribution in [3.05, 3.63) is 107 Å². The fourth-order valence-corrected chi connectivity index (χ4v) is 3.41. The summed E-state index contributed by atoms with van der Waals surface area (Å²) in [7, 11) is 0. The Morgan fingerprint density at radius 1 is 0.750 bits per heavy atom. The molecule has 0 atom stereocenters. The van der Waals surface area contributed by atoms with Crippen LogP contribution in [0.4, 0.5) is 0 Å². The molecular weight excluding hydrogens is 530 g/mol. The van der Waals surface area contributed by atoms with Gasteiger partial charge in [0.1, 0.15) is 0 Å². The van der Waals surface area contributed by atoms with Crippen LogP contribution in [-0.4, -0.2) is 0 Å². The van der Waals surface area contributed by atoms with Crippen molar-refractivity contribution in [1.82, 2.24) is 0 Å². The Morgan fingerprint density at radius 2 is 1.29 bits per heavy atom. The second-order valence-electron chi connectivity index (χ2n) is 6.04. The van der Waals surface area contributed by atoms with Gasteiger partial charge in [-0.05, 0) is 12.1 Å². The predicted molar refractivity (Wildman–Crippen MR) is 112 cm³/mol. The quantitative estimate of drug-likeness (QED) is 0.316. The van der Waals surface area contributed by atoms with Gasteiger partial charge >= 0.3 is 26.2 Å². The van der Waals surface area contributed by atoms with Crippen molar-refractivity contribution in [3.63, 3.8) is 0 Å². The third-order valence-electron chi connectivity index (χ3n) is 4.40. The van der Waals surface area contributed by atoms with Crippen LogP contribution in [0.1, 0.15) is 12.0 Å². The Labute approximate surface area is 206 Å². The summed E-state index contributed by atoms with van der Waals surface area (Å²) in [6, 6.07) is 27.6. The molecule has 0 aromatic heterocycles. The van der Waals surface area contributed by atoms with Crippen LogP contribution < -0.4 is 24.8 Å². The summed E-state index contributed by atoms with van der Waals surface area (Å²) in [5.41, 5.74) is 2.55. The molecule has 0 spiro atoms. The summed E-state index contributed by atoms with van der Waals surface area (Å²) >= 11 is 3.41. The molecule has 4 aromatic carbocycles. The van der Waals surface area contributed by atoms with Crippen molar-refractivity contribution in [1.29, 1.82) is 0 Å². The normalized spacial score (nSPS) is 11.5. The average Bonchev–Trinajstić information content (AvgIpc) is 3.31. The maximum Gasteiger partial charge on any atom is 4.00 e. The molecule has 0 nitrogen and oxygen atoms in total. The first-order valence-electron chi connectivity index (χ1n) is 8.37. The number of benzene rings is 3. The first-order valence-corrected chi connectivity index (χ1v) is 9.16. The molecule has 138 valence electrons. The van der Waals surface area contributed by atoms with Crippen LogP contribution in [0.3, 0.4) is 0 Å². The van der Waals surface area contributed by atoms with Gasteiger partial charge in [0.05, 0.1) is 0 Å². The van der Waals surface area contributed by atoms with E-state index in [1.807, 2.05) is 6.08 Å². The van der Waals surface area contributed by atoms with Gasteiger partial charge in [-0.3, -0.25) is 6.08 Å². The number of halogens is 3. The van der Waals surface area contributed by atoms with E-state index in [2.05, 4.69) is 107 Å². The Balaban J connectivity index is 0.000000254. The van der Waals surface area contributed by atoms with Crippen molar-refractivity contribution in [3.8, 4) is 0 Å². The number of hydrogen-bond donors (Lipinski definition) is 0. The van der Waals surface area contributed by atoms with Gasteiger partial charge in [0, 0.05) is 4.47 Å². The first kappa shape index (κ1) is 25.0. The van der Waals surface area contributed by atoms with Crippen molar-refractivity contribution in [2.24, 2.45) is 0 Å². The summed E-state index contributed by atoms with van der Waals surface area (Å²) in [6.07, 6.45) is 8.33. The zero-order valence-corrected chi connectivity index (χ0v) is 20.6. The summed E-state index contributed by atoms with van der Waals surface area (Å²) in [6.45, 7) is 0. The van der Waals surface area contributed by atoms with E-state index >= 15 is 0 Å². The van der Waals surface area contributed by atoms with Crippen LogP contribution in [0, 0.1) is 6.08 Å². The molecule has 28 heavy (non-hydrogen) atoms. The second kappa shape index (κ2) is 11.8. The van der Waals surface area contributed by atoms with Crippen LogP contribution in [-0.2, 0) is 26.2 Å². The molecule has 0 N–H and O–H groups in total. The zero-order valence-electron chi connectivity index (χ0n) is 15.0. The van der Waals surface area contributed by atoms with E-state index in [0.717, 1.165) is 10.9 Å². The van der Waals surface area contributed by atoms with E-state index in [-0.39, 0.29) is 51.0 Å². The minimum absolute atomic E-state index is 0. The molecule has 0 aliphatic heterocycles. The van der Waals surface area contributed by atoms with Crippen molar-refractivity contribution in [2.45, 2.75) is 6.42 Å². The van der Waals surface area contributed by atoms with E-state index in [1.165, 1.54) is 32.7 Å². The van der Waals surface area contributed by atoms with Crippen LogP contribution in [0.15, 0.2) is 95.5 Å². The molecule has 0 radical (unpaired) electrons. The van der Waals surface area contributed by atoms with Crippen LogP contribution in [0.2, 0.25) is 0 Å². The largest absolute Gasteiger partial charge is 4.00 e. The van der Waals surface area contributed by atoms with Gasteiger partial charge in [-0.25, -0.2) is 6.08 Å². The molecule has 1 aliphatic rings. The monoisotopic (exact) mass is 544 g/mol. The molecule has 0 bridgehead atoms. The van der Waals surface area contributed by atoms with Crippen molar-refractivity contribution < 1.29 is 51.0 Å².